The molecule has 0 heterocycles. The second-order valence-corrected chi connectivity index (χ2v) is 10.8. The second-order valence-electron chi connectivity index (χ2n) is 3.60. The number of rotatable bonds is 3. The fourth-order valence-corrected chi connectivity index (χ4v) is 3.92. The summed E-state index contributed by atoms with van der Waals surface area (Å²) >= 11 is 0. The third-order valence-corrected chi connectivity index (χ3v) is 3.94. The first-order valence-corrected chi connectivity index (χ1v) is 8.47. The average Bonchev–Trinajstić information content (AvgIpc) is 1.57. The zero-order valence-corrected chi connectivity index (χ0v) is 8.40. The van der Waals surface area contributed by atoms with E-state index in [0.717, 1.165) is 0 Å². The van der Waals surface area contributed by atoms with Gasteiger partial charge in [-0.25, -0.2) is 0 Å². The molecular formula is C5H14O3SSi. The summed E-state index contributed by atoms with van der Waals surface area (Å²) in [5.41, 5.74) is 0. The minimum Gasteiger partial charge on any atom is -0.286 e. The van der Waals surface area contributed by atoms with E-state index in [1.54, 1.807) is 0 Å². The van der Waals surface area contributed by atoms with Gasteiger partial charge in [0.15, 0.2) is 0 Å². The van der Waals surface area contributed by atoms with Crippen LogP contribution in [0.25, 0.3) is 0 Å². The summed E-state index contributed by atoms with van der Waals surface area (Å²) in [6.45, 7) is 6.20. The molecule has 0 aliphatic carbocycles. The van der Waals surface area contributed by atoms with Crippen LogP contribution in [-0.2, 0) is 10.1 Å². The maximum Gasteiger partial charge on any atom is 0.264 e. The van der Waals surface area contributed by atoms with Gasteiger partial charge in [0.25, 0.3) is 10.1 Å². The Kier molecular flexibility index (Phi) is 3.06. The van der Waals surface area contributed by atoms with E-state index in [1.807, 2.05) is 0 Å². The van der Waals surface area contributed by atoms with Gasteiger partial charge >= 0.3 is 0 Å². The van der Waals surface area contributed by atoms with E-state index in [0.29, 0.717) is 6.04 Å². The molecule has 0 aromatic carbocycles. The molecule has 0 rings (SSSR count). The molecule has 0 aliphatic heterocycles. The highest BCUT2D eigenvalue weighted by molar-refractivity contribution is 7.85. The first-order chi connectivity index (χ1) is 4.21. The Hall–Kier alpha value is 0.127. The van der Waals surface area contributed by atoms with Crippen molar-refractivity contribution < 1.29 is 13.0 Å². The maximum atomic E-state index is 10.3. The quantitative estimate of drug-likeness (QED) is 0.527. The summed E-state index contributed by atoms with van der Waals surface area (Å²) in [4.78, 5) is 0. The van der Waals surface area contributed by atoms with Crippen LogP contribution < -0.4 is 0 Å². The van der Waals surface area contributed by atoms with Crippen LogP contribution in [0, 0.1) is 0 Å². The lowest BCUT2D eigenvalue weighted by Crippen LogP contribution is -2.23. The van der Waals surface area contributed by atoms with Crippen LogP contribution in [0.1, 0.15) is 0 Å². The van der Waals surface area contributed by atoms with Gasteiger partial charge in [0.2, 0.25) is 0 Å². The molecule has 0 aliphatic rings. The topological polar surface area (TPSA) is 54.4 Å². The third kappa shape index (κ3) is 8.13. The Morgan fingerprint density at radius 1 is 1.30 bits per heavy atom. The first-order valence-electron chi connectivity index (χ1n) is 3.16. The molecule has 5 heteroatoms. The normalized spacial score (nSPS) is 13.6. The van der Waals surface area contributed by atoms with E-state index < -0.39 is 18.2 Å². The molecule has 0 radical (unpaired) electrons. The molecule has 1 N–H and O–H groups in total. The van der Waals surface area contributed by atoms with Crippen molar-refractivity contribution in [2.45, 2.75) is 25.7 Å². The molecule has 62 valence electrons. The lowest BCUT2D eigenvalue weighted by molar-refractivity contribution is 0.484. The van der Waals surface area contributed by atoms with Crippen LogP contribution in [0.5, 0.6) is 0 Å². The molecule has 0 unspecified atom stereocenters. The molecule has 0 fully saturated rings. The fraction of sp³-hybridized carbons (Fsp3) is 1.00. The minimum absolute atomic E-state index is 0.0806. The first kappa shape index (κ1) is 10.1. The number of hydrogen-bond acceptors (Lipinski definition) is 2. The van der Waals surface area contributed by atoms with Crippen molar-refractivity contribution in [3.63, 3.8) is 0 Å². The predicted molar refractivity (Wildman–Crippen MR) is 44.6 cm³/mol. The third-order valence-electron chi connectivity index (χ3n) is 1.11. The van der Waals surface area contributed by atoms with Crippen molar-refractivity contribution in [3.8, 4) is 0 Å². The molecule has 0 aromatic rings. The lowest BCUT2D eigenvalue weighted by atomic mass is 11.0. The average molecular weight is 182 g/mol. The summed E-state index contributed by atoms with van der Waals surface area (Å²) in [6.07, 6.45) is 0. The van der Waals surface area contributed by atoms with Gasteiger partial charge in [-0.3, -0.25) is 4.55 Å². The summed E-state index contributed by atoms with van der Waals surface area (Å²) in [7, 11) is -5.03. The Bertz CT molecular complexity index is 189. The van der Waals surface area contributed by atoms with Crippen molar-refractivity contribution in [1.82, 2.24) is 0 Å². The van der Waals surface area contributed by atoms with E-state index in [1.165, 1.54) is 0 Å². The van der Waals surface area contributed by atoms with Gasteiger partial charge in [-0.15, -0.1) is 0 Å². The zero-order chi connectivity index (χ0) is 8.41. The van der Waals surface area contributed by atoms with Gasteiger partial charge in [-0.2, -0.15) is 8.42 Å². The number of hydrogen-bond donors (Lipinski definition) is 1. The van der Waals surface area contributed by atoms with Crippen molar-refractivity contribution in [3.05, 3.63) is 0 Å². The maximum absolute atomic E-state index is 10.3. The van der Waals surface area contributed by atoms with Crippen molar-refractivity contribution >= 4 is 18.2 Å². The zero-order valence-electron chi connectivity index (χ0n) is 6.59. The van der Waals surface area contributed by atoms with Crippen molar-refractivity contribution in [1.29, 1.82) is 0 Å². The van der Waals surface area contributed by atoms with E-state index in [2.05, 4.69) is 19.6 Å². The highest BCUT2D eigenvalue weighted by Crippen LogP contribution is 2.08. The summed E-state index contributed by atoms with van der Waals surface area (Å²) < 4.78 is 28.9. The summed E-state index contributed by atoms with van der Waals surface area (Å²) in [5, 5.41) is 0. The molecule has 10 heavy (non-hydrogen) atoms. The highest BCUT2D eigenvalue weighted by Gasteiger charge is 2.16. The van der Waals surface area contributed by atoms with Crippen molar-refractivity contribution in [2.75, 3.05) is 5.75 Å². The molecule has 0 bridgehead atoms. The molecular weight excluding hydrogens is 168 g/mol. The van der Waals surface area contributed by atoms with E-state index >= 15 is 0 Å². The van der Waals surface area contributed by atoms with Gasteiger partial charge in [-0.05, 0) is 6.04 Å². The monoisotopic (exact) mass is 182 g/mol. The molecule has 0 spiro atoms. The van der Waals surface area contributed by atoms with Gasteiger partial charge in [0.1, 0.15) is 0 Å². The Labute approximate surface area is 63.2 Å². The molecule has 3 nitrogen and oxygen atoms in total. The predicted octanol–water partition coefficient (Wildman–Crippen LogP) is 1.21. The van der Waals surface area contributed by atoms with Crippen LogP contribution in [0.2, 0.25) is 25.7 Å². The van der Waals surface area contributed by atoms with Crippen LogP contribution in [0.4, 0.5) is 0 Å². The van der Waals surface area contributed by atoms with Gasteiger partial charge < -0.3 is 0 Å². The molecule has 0 saturated carbocycles. The highest BCUT2D eigenvalue weighted by atomic mass is 32.2. The van der Waals surface area contributed by atoms with Crippen LogP contribution in [-0.4, -0.2) is 26.8 Å². The summed E-state index contributed by atoms with van der Waals surface area (Å²) in [5.74, 6) is -0.0806. The van der Waals surface area contributed by atoms with Gasteiger partial charge in [0, 0.05) is 8.07 Å². The van der Waals surface area contributed by atoms with Crippen LogP contribution in [0.15, 0.2) is 0 Å². The molecule has 0 atom stereocenters. The van der Waals surface area contributed by atoms with Crippen LogP contribution >= 0.6 is 0 Å². The van der Waals surface area contributed by atoms with Gasteiger partial charge in [0.05, 0.1) is 5.75 Å². The standard InChI is InChI=1S/C5H14O3SSi/c1-10(2,3)5-4-9(6,7)8/h4-5H2,1-3H3,(H,6,7,8). The summed E-state index contributed by atoms with van der Waals surface area (Å²) in [6, 6.07) is 0.631. The second kappa shape index (κ2) is 3.02. The SMILES string of the molecule is C[Si](C)(C)CCS(=O)(=O)O. The minimum atomic E-state index is -3.72. The fourth-order valence-electron chi connectivity index (χ4n) is 0.435. The lowest BCUT2D eigenvalue weighted by Gasteiger charge is -2.13. The van der Waals surface area contributed by atoms with Crippen LogP contribution in [0.3, 0.4) is 0 Å². The Morgan fingerprint density at radius 2 is 1.70 bits per heavy atom. The molecule has 0 amide bonds. The smallest absolute Gasteiger partial charge is 0.264 e. The molecule has 0 saturated heterocycles. The Morgan fingerprint density at radius 3 is 1.80 bits per heavy atom. The van der Waals surface area contributed by atoms with E-state index in [9.17, 15) is 8.42 Å². The van der Waals surface area contributed by atoms with E-state index in [-0.39, 0.29) is 5.75 Å². The van der Waals surface area contributed by atoms with Gasteiger partial charge in [-0.1, -0.05) is 19.6 Å². The molecule has 0 aromatic heterocycles. The van der Waals surface area contributed by atoms with Crippen molar-refractivity contribution in [2.24, 2.45) is 0 Å². The van der Waals surface area contributed by atoms with E-state index in [4.69, 9.17) is 4.55 Å². The largest absolute Gasteiger partial charge is 0.286 e. The Balaban J connectivity index is 3.79.